The SMILES string of the molecule is COc1ccccc1C1CC(=O)c2c(O)c(C)c(OC)c(C)c2O1. The second-order valence-corrected chi connectivity index (χ2v) is 5.81. The van der Waals surface area contributed by atoms with Crippen LogP contribution in [-0.2, 0) is 0 Å². The molecule has 2 aromatic rings. The molecule has 1 aliphatic rings. The van der Waals surface area contributed by atoms with E-state index >= 15 is 0 Å². The number of hydrogen-bond acceptors (Lipinski definition) is 5. The van der Waals surface area contributed by atoms with Gasteiger partial charge in [-0.25, -0.2) is 0 Å². The molecule has 24 heavy (non-hydrogen) atoms. The molecule has 126 valence electrons. The molecule has 0 bridgehead atoms. The smallest absolute Gasteiger partial charge is 0.174 e. The van der Waals surface area contributed by atoms with Crippen LogP contribution >= 0.6 is 0 Å². The molecule has 0 radical (unpaired) electrons. The first-order valence-corrected chi connectivity index (χ1v) is 7.72. The lowest BCUT2D eigenvalue weighted by molar-refractivity contribution is 0.0839. The van der Waals surface area contributed by atoms with Crippen molar-refractivity contribution in [1.29, 1.82) is 0 Å². The van der Waals surface area contributed by atoms with Crippen molar-refractivity contribution in [2.45, 2.75) is 26.4 Å². The molecule has 2 aromatic carbocycles. The molecule has 1 aliphatic heterocycles. The fraction of sp³-hybridized carbons (Fsp3) is 0.316. The van der Waals surface area contributed by atoms with Crippen molar-refractivity contribution in [3.05, 3.63) is 46.5 Å². The zero-order valence-electron chi connectivity index (χ0n) is 14.2. The molecule has 0 spiro atoms. The lowest BCUT2D eigenvalue weighted by Gasteiger charge is -2.29. The molecule has 5 heteroatoms. The molecule has 1 heterocycles. The third-order valence-corrected chi connectivity index (χ3v) is 4.44. The van der Waals surface area contributed by atoms with Gasteiger partial charge in [0.25, 0.3) is 0 Å². The Morgan fingerprint density at radius 1 is 1.12 bits per heavy atom. The van der Waals surface area contributed by atoms with Crippen LogP contribution in [0.4, 0.5) is 0 Å². The first-order valence-electron chi connectivity index (χ1n) is 7.72. The van der Waals surface area contributed by atoms with E-state index in [0.717, 1.165) is 5.56 Å². The number of hydrogen-bond donors (Lipinski definition) is 1. The number of ketones is 1. The standard InChI is InChI=1S/C19H20O5/c1-10-17(21)16-13(20)9-15(12-7-5-6-8-14(12)22-3)24-19(16)11(2)18(10)23-4/h5-8,15,21H,9H2,1-4H3. The first-order chi connectivity index (χ1) is 11.5. The lowest BCUT2D eigenvalue weighted by atomic mass is 9.91. The number of fused-ring (bicyclic) bond motifs is 1. The van der Waals surface area contributed by atoms with Crippen molar-refractivity contribution in [3.8, 4) is 23.0 Å². The summed E-state index contributed by atoms with van der Waals surface area (Å²) < 4.78 is 16.8. The summed E-state index contributed by atoms with van der Waals surface area (Å²) in [4.78, 5) is 12.7. The van der Waals surface area contributed by atoms with Crippen molar-refractivity contribution >= 4 is 5.78 Å². The van der Waals surface area contributed by atoms with Gasteiger partial charge in [0, 0.05) is 16.7 Å². The maximum atomic E-state index is 12.7. The van der Waals surface area contributed by atoms with Gasteiger partial charge in [-0.1, -0.05) is 18.2 Å². The number of ether oxygens (including phenoxy) is 3. The molecule has 1 atom stereocenters. The average Bonchev–Trinajstić information content (AvgIpc) is 2.59. The minimum atomic E-state index is -0.466. The lowest BCUT2D eigenvalue weighted by Crippen LogP contribution is -2.22. The van der Waals surface area contributed by atoms with Crippen molar-refractivity contribution in [2.24, 2.45) is 0 Å². The summed E-state index contributed by atoms with van der Waals surface area (Å²) in [6, 6.07) is 7.45. The number of rotatable bonds is 3. The number of methoxy groups -OCH3 is 2. The third-order valence-electron chi connectivity index (χ3n) is 4.44. The zero-order chi connectivity index (χ0) is 17.4. The minimum Gasteiger partial charge on any atom is -0.507 e. The Kier molecular flexibility index (Phi) is 4.09. The fourth-order valence-electron chi connectivity index (χ4n) is 3.25. The summed E-state index contributed by atoms with van der Waals surface area (Å²) in [6.07, 6.45) is -0.321. The van der Waals surface area contributed by atoms with Crippen molar-refractivity contribution in [1.82, 2.24) is 0 Å². The number of carbonyl (C=O) groups is 1. The number of phenolic OH excluding ortho intramolecular Hbond substituents is 1. The Hall–Kier alpha value is -2.69. The number of carbonyl (C=O) groups excluding carboxylic acids is 1. The van der Waals surface area contributed by atoms with Gasteiger partial charge >= 0.3 is 0 Å². The van der Waals surface area contributed by atoms with Gasteiger partial charge in [-0.2, -0.15) is 0 Å². The maximum absolute atomic E-state index is 12.7. The molecule has 0 saturated heterocycles. The van der Waals surface area contributed by atoms with Gasteiger partial charge in [-0.15, -0.1) is 0 Å². The highest BCUT2D eigenvalue weighted by Gasteiger charge is 2.35. The molecule has 0 aliphatic carbocycles. The van der Waals surface area contributed by atoms with Gasteiger partial charge < -0.3 is 19.3 Å². The minimum absolute atomic E-state index is 0.0732. The quantitative estimate of drug-likeness (QED) is 0.930. The van der Waals surface area contributed by atoms with E-state index in [1.54, 1.807) is 14.0 Å². The highest BCUT2D eigenvalue weighted by atomic mass is 16.5. The van der Waals surface area contributed by atoms with E-state index in [1.165, 1.54) is 7.11 Å². The Bertz CT molecular complexity index is 810. The van der Waals surface area contributed by atoms with Gasteiger partial charge in [0.05, 0.1) is 20.6 Å². The van der Waals surface area contributed by atoms with E-state index in [2.05, 4.69) is 0 Å². The predicted octanol–water partition coefficient (Wildman–Crippen LogP) is 3.73. The van der Waals surface area contributed by atoms with Gasteiger partial charge in [-0.3, -0.25) is 4.79 Å². The number of Topliss-reactive ketones (excluding diaryl/α,β-unsaturated/α-hetero) is 1. The van der Waals surface area contributed by atoms with Crippen LogP contribution in [0.15, 0.2) is 24.3 Å². The van der Waals surface area contributed by atoms with Crippen LogP contribution in [0.5, 0.6) is 23.0 Å². The summed E-state index contributed by atoms with van der Waals surface area (Å²) in [6.45, 7) is 3.54. The topological polar surface area (TPSA) is 65.0 Å². The number of benzene rings is 2. The largest absolute Gasteiger partial charge is 0.507 e. The van der Waals surface area contributed by atoms with E-state index in [0.29, 0.717) is 28.4 Å². The molecular weight excluding hydrogens is 308 g/mol. The van der Waals surface area contributed by atoms with Gasteiger partial charge in [-0.05, 0) is 19.9 Å². The van der Waals surface area contributed by atoms with Crippen LogP contribution in [0.1, 0.15) is 39.6 Å². The van der Waals surface area contributed by atoms with Crippen LogP contribution in [0.2, 0.25) is 0 Å². The second-order valence-electron chi connectivity index (χ2n) is 5.81. The Morgan fingerprint density at radius 2 is 1.83 bits per heavy atom. The predicted molar refractivity (Wildman–Crippen MR) is 89.4 cm³/mol. The molecule has 0 amide bonds. The maximum Gasteiger partial charge on any atom is 0.174 e. The molecule has 0 fully saturated rings. The summed E-state index contributed by atoms with van der Waals surface area (Å²) >= 11 is 0. The van der Waals surface area contributed by atoms with Crippen molar-refractivity contribution in [3.63, 3.8) is 0 Å². The monoisotopic (exact) mass is 328 g/mol. The summed E-state index contributed by atoms with van der Waals surface area (Å²) in [5.74, 6) is 1.34. The van der Waals surface area contributed by atoms with E-state index < -0.39 is 6.10 Å². The molecule has 3 rings (SSSR count). The Morgan fingerprint density at radius 3 is 2.50 bits per heavy atom. The van der Waals surface area contributed by atoms with Crippen LogP contribution in [0, 0.1) is 13.8 Å². The van der Waals surface area contributed by atoms with Crippen molar-refractivity contribution < 1.29 is 24.1 Å². The Balaban J connectivity index is 2.14. The molecule has 1 N–H and O–H groups in total. The van der Waals surface area contributed by atoms with Crippen LogP contribution in [0.3, 0.4) is 0 Å². The summed E-state index contributed by atoms with van der Waals surface area (Å²) in [7, 11) is 3.12. The first kappa shape index (κ1) is 16.2. The molecule has 0 aromatic heterocycles. The highest BCUT2D eigenvalue weighted by molar-refractivity contribution is 6.04. The highest BCUT2D eigenvalue weighted by Crippen LogP contribution is 2.48. The van der Waals surface area contributed by atoms with Crippen LogP contribution < -0.4 is 14.2 Å². The van der Waals surface area contributed by atoms with E-state index in [9.17, 15) is 9.90 Å². The summed E-state index contributed by atoms with van der Waals surface area (Å²) in [5, 5.41) is 10.4. The van der Waals surface area contributed by atoms with Crippen LogP contribution in [0.25, 0.3) is 0 Å². The summed E-state index contributed by atoms with van der Waals surface area (Å²) in [5.41, 5.74) is 2.28. The number of para-hydroxylation sites is 1. The van der Waals surface area contributed by atoms with Gasteiger partial charge in [0.1, 0.15) is 34.7 Å². The average molecular weight is 328 g/mol. The van der Waals surface area contributed by atoms with Crippen LogP contribution in [-0.4, -0.2) is 25.1 Å². The van der Waals surface area contributed by atoms with Gasteiger partial charge in [0.2, 0.25) is 0 Å². The molecule has 1 unspecified atom stereocenters. The van der Waals surface area contributed by atoms with E-state index in [-0.39, 0.29) is 23.5 Å². The van der Waals surface area contributed by atoms with Gasteiger partial charge in [0.15, 0.2) is 5.78 Å². The van der Waals surface area contributed by atoms with Crippen molar-refractivity contribution in [2.75, 3.05) is 14.2 Å². The fourth-order valence-corrected chi connectivity index (χ4v) is 3.25. The third kappa shape index (κ3) is 2.37. The normalized spacial score (nSPS) is 16.3. The Labute approximate surface area is 140 Å². The zero-order valence-corrected chi connectivity index (χ0v) is 14.2. The van der Waals surface area contributed by atoms with E-state index in [4.69, 9.17) is 14.2 Å². The molecule has 0 saturated carbocycles. The number of aromatic hydroxyl groups is 1. The second kappa shape index (κ2) is 6.07. The molecule has 5 nitrogen and oxygen atoms in total. The number of phenols is 1. The van der Waals surface area contributed by atoms with E-state index in [1.807, 2.05) is 31.2 Å². The molecular formula is C19H20O5.